The Balaban J connectivity index is 1.45. The van der Waals surface area contributed by atoms with Crippen LogP contribution in [0.2, 0.25) is 0 Å². The van der Waals surface area contributed by atoms with Gasteiger partial charge in [0.05, 0.1) is 0 Å². The number of nitrogens with zero attached hydrogens (tertiary/aromatic N) is 3. The Hall–Kier alpha value is -3.49. The van der Waals surface area contributed by atoms with Gasteiger partial charge in [0, 0.05) is 18.6 Å². The second kappa shape index (κ2) is 8.10. The van der Waals surface area contributed by atoms with Crippen molar-refractivity contribution in [3.8, 4) is 5.75 Å². The molecule has 2 aromatic heterocycles. The summed E-state index contributed by atoms with van der Waals surface area (Å²) in [7, 11) is 0. The van der Waals surface area contributed by atoms with E-state index in [9.17, 15) is 14.4 Å². The smallest absolute Gasteiger partial charge is 0.325 e. The van der Waals surface area contributed by atoms with Crippen molar-refractivity contribution in [3.63, 3.8) is 0 Å². The normalized spacial score (nSPS) is 18.4. The number of urea groups is 1. The molecule has 2 N–H and O–H groups in total. The monoisotopic (exact) mass is 409 g/mol. The summed E-state index contributed by atoms with van der Waals surface area (Å²) in [4.78, 5) is 47.3. The van der Waals surface area contributed by atoms with Crippen molar-refractivity contribution in [2.75, 3.05) is 5.32 Å². The summed E-state index contributed by atoms with van der Waals surface area (Å²) in [5.41, 5.74) is 0.0656. The molecule has 1 unspecified atom stereocenters. The van der Waals surface area contributed by atoms with E-state index in [-0.39, 0.29) is 18.3 Å². The quantitative estimate of drug-likeness (QED) is 0.708. The SMILES string of the molecule is CC(C(=O)Nc1ncccc1OCc1ccncc1)N1C(=O)NC2(CCCC2)C1=O. The average molecular weight is 409 g/mol. The number of pyridine rings is 2. The number of carbonyl (C=O) groups excluding carboxylic acids is 3. The van der Waals surface area contributed by atoms with Gasteiger partial charge in [0.1, 0.15) is 18.2 Å². The molecular formula is C21H23N5O4. The molecule has 0 bridgehead atoms. The summed E-state index contributed by atoms with van der Waals surface area (Å²) < 4.78 is 5.78. The number of hydrogen-bond donors (Lipinski definition) is 2. The fourth-order valence-corrected chi connectivity index (χ4v) is 3.89. The number of nitrogens with one attached hydrogen (secondary N) is 2. The van der Waals surface area contributed by atoms with Gasteiger partial charge in [-0.3, -0.25) is 14.6 Å². The van der Waals surface area contributed by atoms with Crippen LogP contribution in [0.15, 0.2) is 42.9 Å². The Morgan fingerprint density at radius 2 is 1.97 bits per heavy atom. The number of hydrogen-bond acceptors (Lipinski definition) is 6. The van der Waals surface area contributed by atoms with Crippen molar-refractivity contribution >= 4 is 23.7 Å². The van der Waals surface area contributed by atoms with Gasteiger partial charge in [-0.05, 0) is 49.6 Å². The second-order valence-electron chi connectivity index (χ2n) is 7.55. The van der Waals surface area contributed by atoms with Crippen molar-refractivity contribution in [1.29, 1.82) is 0 Å². The van der Waals surface area contributed by atoms with E-state index in [2.05, 4.69) is 20.6 Å². The molecule has 2 aliphatic rings. The van der Waals surface area contributed by atoms with Crippen LogP contribution in [-0.2, 0) is 16.2 Å². The first-order valence-electron chi connectivity index (χ1n) is 9.93. The second-order valence-corrected chi connectivity index (χ2v) is 7.55. The molecule has 30 heavy (non-hydrogen) atoms. The van der Waals surface area contributed by atoms with Crippen LogP contribution in [0.4, 0.5) is 10.6 Å². The number of anilines is 1. The standard InChI is InChI=1S/C21H23N5O4/c1-14(26-19(28)21(25-20(26)29)8-2-3-9-21)18(27)24-17-16(5-4-10-23-17)30-13-15-6-11-22-12-7-15/h4-7,10-12,14H,2-3,8-9,13H2,1H3,(H,25,29)(H,23,24,27). The van der Waals surface area contributed by atoms with Gasteiger partial charge in [-0.2, -0.15) is 0 Å². The predicted molar refractivity (Wildman–Crippen MR) is 107 cm³/mol. The van der Waals surface area contributed by atoms with Gasteiger partial charge in [-0.15, -0.1) is 0 Å². The summed E-state index contributed by atoms with van der Waals surface area (Å²) >= 11 is 0. The van der Waals surface area contributed by atoms with E-state index in [0.717, 1.165) is 23.3 Å². The Kier molecular flexibility index (Phi) is 5.35. The van der Waals surface area contributed by atoms with Crippen LogP contribution in [0.5, 0.6) is 5.75 Å². The molecule has 156 valence electrons. The minimum atomic E-state index is -0.979. The molecule has 4 amide bonds. The van der Waals surface area contributed by atoms with E-state index < -0.39 is 23.5 Å². The Bertz CT molecular complexity index is 959. The number of aromatic nitrogens is 2. The highest BCUT2D eigenvalue weighted by Gasteiger charge is 2.54. The maximum atomic E-state index is 12.9. The molecule has 1 spiro atoms. The van der Waals surface area contributed by atoms with Crippen molar-refractivity contribution in [2.45, 2.75) is 50.8 Å². The lowest BCUT2D eigenvalue weighted by atomic mass is 9.97. The third-order valence-electron chi connectivity index (χ3n) is 5.57. The van der Waals surface area contributed by atoms with Crippen LogP contribution in [0.25, 0.3) is 0 Å². The maximum absolute atomic E-state index is 12.9. The largest absolute Gasteiger partial charge is 0.485 e. The lowest BCUT2D eigenvalue weighted by molar-refractivity contribution is -0.136. The van der Waals surface area contributed by atoms with E-state index in [1.54, 1.807) is 24.5 Å². The molecule has 4 rings (SSSR count). The van der Waals surface area contributed by atoms with Crippen LogP contribution in [0.3, 0.4) is 0 Å². The van der Waals surface area contributed by atoms with E-state index in [1.807, 2.05) is 12.1 Å². The van der Waals surface area contributed by atoms with Crippen molar-refractivity contribution < 1.29 is 19.1 Å². The van der Waals surface area contributed by atoms with E-state index in [0.29, 0.717) is 18.6 Å². The molecule has 2 aromatic rings. The Labute approximate surface area is 173 Å². The van der Waals surface area contributed by atoms with Crippen LogP contribution in [0.1, 0.15) is 38.2 Å². The first-order chi connectivity index (χ1) is 14.5. The summed E-state index contributed by atoms with van der Waals surface area (Å²) in [6, 6.07) is 5.53. The van der Waals surface area contributed by atoms with Gasteiger partial charge >= 0.3 is 6.03 Å². The van der Waals surface area contributed by atoms with E-state index >= 15 is 0 Å². The van der Waals surface area contributed by atoms with Crippen molar-refractivity contribution in [2.24, 2.45) is 0 Å². The predicted octanol–water partition coefficient (Wildman–Crippen LogP) is 2.25. The minimum Gasteiger partial charge on any atom is -0.485 e. The van der Waals surface area contributed by atoms with Gasteiger partial charge in [-0.25, -0.2) is 14.7 Å². The molecule has 0 radical (unpaired) electrons. The van der Waals surface area contributed by atoms with Crippen LogP contribution in [0, 0.1) is 0 Å². The van der Waals surface area contributed by atoms with Crippen molar-refractivity contribution in [3.05, 3.63) is 48.4 Å². The molecule has 1 atom stereocenters. The van der Waals surface area contributed by atoms with E-state index in [1.165, 1.54) is 13.1 Å². The van der Waals surface area contributed by atoms with E-state index in [4.69, 9.17) is 4.74 Å². The first kappa shape index (κ1) is 19.8. The fraction of sp³-hybridized carbons (Fsp3) is 0.381. The zero-order valence-corrected chi connectivity index (χ0v) is 16.6. The highest BCUT2D eigenvalue weighted by atomic mass is 16.5. The minimum absolute atomic E-state index is 0.228. The maximum Gasteiger partial charge on any atom is 0.325 e. The third-order valence-corrected chi connectivity index (χ3v) is 5.57. The van der Waals surface area contributed by atoms with Crippen molar-refractivity contribution in [1.82, 2.24) is 20.2 Å². The molecule has 1 saturated carbocycles. The number of imide groups is 1. The summed E-state index contributed by atoms with van der Waals surface area (Å²) in [5.74, 6) is -0.228. The van der Waals surface area contributed by atoms with Gasteiger partial charge in [-0.1, -0.05) is 12.8 Å². The average Bonchev–Trinajstić information content (AvgIpc) is 3.32. The molecule has 9 nitrogen and oxygen atoms in total. The van der Waals surface area contributed by atoms with Crippen LogP contribution >= 0.6 is 0 Å². The zero-order valence-electron chi connectivity index (χ0n) is 16.6. The topological polar surface area (TPSA) is 114 Å². The van der Waals surface area contributed by atoms with Gasteiger partial charge in [0.15, 0.2) is 11.6 Å². The summed E-state index contributed by atoms with van der Waals surface area (Å²) in [6.07, 6.45) is 7.84. The Morgan fingerprint density at radius 1 is 1.23 bits per heavy atom. The third kappa shape index (κ3) is 3.70. The Morgan fingerprint density at radius 3 is 2.70 bits per heavy atom. The number of carbonyl (C=O) groups is 3. The molecule has 1 aliphatic carbocycles. The summed E-state index contributed by atoms with van der Waals surface area (Å²) in [6.45, 7) is 1.81. The molecule has 1 aliphatic heterocycles. The molecule has 1 saturated heterocycles. The highest BCUT2D eigenvalue weighted by molar-refractivity contribution is 6.11. The van der Waals surface area contributed by atoms with Gasteiger partial charge in [0.25, 0.3) is 5.91 Å². The molecule has 0 aromatic carbocycles. The highest BCUT2D eigenvalue weighted by Crippen LogP contribution is 2.36. The zero-order chi connectivity index (χ0) is 21.1. The number of amides is 4. The van der Waals surface area contributed by atoms with Crippen LogP contribution in [-0.4, -0.2) is 44.3 Å². The first-order valence-corrected chi connectivity index (χ1v) is 9.93. The number of rotatable bonds is 6. The molecule has 3 heterocycles. The number of ether oxygens (including phenoxy) is 1. The molecule has 2 fully saturated rings. The molecule has 9 heteroatoms. The lowest BCUT2D eigenvalue weighted by Gasteiger charge is -2.23. The lowest BCUT2D eigenvalue weighted by Crippen LogP contribution is -2.48. The van der Waals surface area contributed by atoms with Gasteiger partial charge in [0.2, 0.25) is 5.91 Å². The van der Waals surface area contributed by atoms with Gasteiger partial charge < -0.3 is 15.4 Å². The summed E-state index contributed by atoms with van der Waals surface area (Å²) in [5, 5.41) is 5.47. The van der Waals surface area contributed by atoms with Crippen LogP contribution < -0.4 is 15.4 Å². The molecular weight excluding hydrogens is 386 g/mol. The fourth-order valence-electron chi connectivity index (χ4n) is 3.89.